The van der Waals surface area contributed by atoms with Crippen LogP contribution < -0.4 is 0 Å². The van der Waals surface area contributed by atoms with Crippen LogP contribution >= 0.6 is 23.2 Å². The summed E-state index contributed by atoms with van der Waals surface area (Å²) in [5.41, 5.74) is 1.66. The van der Waals surface area contributed by atoms with Crippen molar-refractivity contribution in [2.24, 2.45) is 0 Å². The Labute approximate surface area is 116 Å². The van der Waals surface area contributed by atoms with Crippen LogP contribution in [0.1, 0.15) is 15.9 Å². The van der Waals surface area contributed by atoms with E-state index in [0.717, 1.165) is 5.56 Å². The van der Waals surface area contributed by atoms with E-state index < -0.39 is 0 Å². The molecule has 0 aromatic heterocycles. The number of benzene rings is 2. The van der Waals surface area contributed by atoms with Crippen molar-refractivity contribution in [1.82, 2.24) is 0 Å². The summed E-state index contributed by atoms with van der Waals surface area (Å²) < 4.78 is 0. The first kappa shape index (κ1) is 12.9. The zero-order chi connectivity index (χ0) is 13.1. The lowest BCUT2D eigenvalue weighted by atomic mass is 9.98. The van der Waals surface area contributed by atoms with E-state index in [0.29, 0.717) is 21.2 Å². The van der Waals surface area contributed by atoms with Gasteiger partial charge in [-0.05, 0) is 23.8 Å². The van der Waals surface area contributed by atoms with Gasteiger partial charge in [-0.2, -0.15) is 0 Å². The second kappa shape index (κ2) is 5.38. The highest BCUT2D eigenvalue weighted by Gasteiger charge is 2.13. The highest BCUT2D eigenvalue weighted by atomic mass is 35.5. The molecule has 2 aromatic rings. The predicted octanol–water partition coefficient (Wildman–Crippen LogP) is 4.89. The molecule has 0 atom stereocenters. The van der Waals surface area contributed by atoms with Crippen LogP contribution in [-0.2, 0) is 0 Å². The summed E-state index contributed by atoms with van der Waals surface area (Å²) in [5, 5.41) is 0.874. The van der Waals surface area contributed by atoms with Crippen LogP contribution in [0.2, 0.25) is 10.0 Å². The van der Waals surface area contributed by atoms with Gasteiger partial charge in [0.05, 0.1) is 0 Å². The largest absolute Gasteiger partial charge is 0.289 e. The Morgan fingerprint density at radius 3 is 2.00 bits per heavy atom. The third-order valence-corrected chi connectivity index (χ3v) is 2.96. The zero-order valence-electron chi connectivity index (χ0n) is 9.49. The molecule has 0 spiro atoms. The zero-order valence-corrected chi connectivity index (χ0v) is 11.0. The number of carbonyl (C=O) groups excluding carboxylic acids is 1. The molecule has 0 aliphatic heterocycles. The van der Waals surface area contributed by atoms with E-state index in [1.807, 2.05) is 30.3 Å². The Balaban J connectivity index is 2.35. The molecule has 0 radical (unpaired) electrons. The van der Waals surface area contributed by atoms with Crippen LogP contribution in [0.15, 0.2) is 55.1 Å². The maximum absolute atomic E-state index is 12.2. The van der Waals surface area contributed by atoms with Crippen molar-refractivity contribution in [3.63, 3.8) is 0 Å². The molecule has 0 saturated carbocycles. The molecule has 2 aromatic carbocycles. The van der Waals surface area contributed by atoms with Crippen molar-refractivity contribution in [2.45, 2.75) is 0 Å². The monoisotopic (exact) mass is 276 g/mol. The fraction of sp³-hybridized carbons (Fsp3) is 0. The van der Waals surface area contributed by atoms with E-state index in [1.54, 1.807) is 18.2 Å². The van der Waals surface area contributed by atoms with Gasteiger partial charge in [0, 0.05) is 21.2 Å². The summed E-state index contributed by atoms with van der Waals surface area (Å²) in [6.45, 7) is 3.82. The van der Waals surface area contributed by atoms with Gasteiger partial charge in [0.25, 0.3) is 0 Å². The minimum Gasteiger partial charge on any atom is -0.289 e. The SMILES string of the molecule is C=C(C(=O)c1cc(Cl)cc(Cl)c1)c1ccccc1. The Morgan fingerprint density at radius 1 is 0.889 bits per heavy atom. The molecule has 0 N–H and O–H groups in total. The van der Waals surface area contributed by atoms with Crippen molar-refractivity contribution in [3.8, 4) is 0 Å². The van der Waals surface area contributed by atoms with Gasteiger partial charge in [-0.1, -0.05) is 60.1 Å². The highest BCUT2D eigenvalue weighted by molar-refractivity contribution is 6.36. The van der Waals surface area contributed by atoms with E-state index in [2.05, 4.69) is 6.58 Å². The Bertz CT molecular complexity index is 583. The molecule has 0 bridgehead atoms. The minimum absolute atomic E-state index is 0.175. The topological polar surface area (TPSA) is 17.1 Å². The van der Waals surface area contributed by atoms with Gasteiger partial charge in [0.2, 0.25) is 0 Å². The summed E-state index contributed by atoms with van der Waals surface area (Å²) >= 11 is 11.8. The average Bonchev–Trinajstić information content (AvgIpc) is 2.37. The van der Waals surface area contributed by atoms with Crippen molar-refractivity contribution < 1.29 is 4.79 Å². The van der Waals surface area contributed by atoms with Gasteiger partial charge < -0.3 is 0 Å². The van der Waals surface area contributed by atoms with Gasteiger partial charge in [-0.3, -0.25) is 4.79 Å². The van der Waals surface area contributed by atoms with E-state index in [-0.39, 0.29) is 5.78 Å². The van der Waals surface area contributed by atoms with Gasteiger partial charge in [-0.25, -0.2) is 0 Å². The Morgan fingerprint density at radius 2 is 1.44 bits per heavy atom. The minimum atomic E-state index is -0.175. The number of carbonyl (C=O) groups is 1. The maximum atomic E-state index is 12.2. The summed E-state index contributed by atoms with van der Waals surface area (Å²) in [6.07, 6.45) is 0. The quantitative estimate of drug-likeness (QED) is 0.576. The lowest BCUT2D eigenvalue weighted by Crippen LogP contribution is -2.01. The number of ketones is 1. The molecule has 0 aliphatic carbocycles. The van der Waals surface area contributed by atoms with Crippen molar-refractivity contribution in [3.05, 3.63) is 76.3 Å². The smallest absolute Gasteiger partial charge is 0.193 e. The summed E-state index contributed by atoms with van der Waals surface area (Å²) in [4.78, 5) is 12.2. The molecule has 18 heavy (non-hydrogen) atoms. The number of Topliss-reactive ketones (excluding diaryl/α,β-unsaturated/α-hetero) is 1. The lowest BCUT2D eigenvalue weighted by Gasteiger charge is -2.06. The second-order valence-corrected chi connectivity index (χ2v) is 4.70. The molecule has 0 heterocycles. The van der Waals surface area contributed by atoms with Gasteiger partial charge in [0.15, 0.2) is 5.78 Å². The fourth-order valence-electron chi connectivity index (χ4n) is 1.63. The standard InChI is InChI=1S/C15H10Cl2O/c1-10(11-5-3-2-4-6-11)15(18)12-7-13(16)9-14(17)8-12/h2-9H,1H2. The summed E-state index contributed by atoms with van der Waals surface area (Å²) in [7, 11) is 0. The molecule has 0 unspecified atom stereocenters. The summed E-state index contributed by atoms with van der Waals surface area (Å²) in [6, 6.07) is 14.0. The van der Waals surface area contributed by atoms with Crippen LogP contribution in [0.5, 0.6) is 0 Å². The van der Waals surface area contributed by atoms with Crippen LogP contribution in [-0.4, -0.2) is 5.78 Å². The van der Waals surface area contributed by atoms with Crippen LogP contribution in [0.3, 0.4) is 0 Å². The first-order chi connectivity index (χ1) is 8.58. The molecule has 0 amide bonds. The number of halogens is 2. The maximum Gasteiger partial charge on any atom is 0.193 e. The molecular formula is C15H10Cl2O. The molecular weight excluding hydrogens is 267 g/mol. The van der Waals surface area contributed by atoms with Crippen molar-refractivity contribution in [1.29, 1.82) is 0 Å². The van der Waals surface area contributed by atoms with E-state index in [1.165, 1.54) is 0 Å². The Kier molecular flexibility index (Phi) is 3.85. The van der Waals surface area contributed by atoms with Gasteiger partial charge in [0.1, 0.15) is 0 Å². The fourth-order valence-corrected chi connectivity index (χ4v) is 2.16. The molecule has 1 nitrogen and oxygen atoms in total. The third kappa shape index (κ3) is 2.81. The molecule has 0 aliphatic rings. The average molecular weight is 277 g/mol. The van der Waals surface area contributed by atoms with E-state index in [4.69, 9.17) is 23.2 Å². The van der Waals surface area contributed by atoms with Gasteiger partial charge >= 0.3 is 0 Å². The predicted molar refractivity (Wildman–Crippen MR) is 76.3 cm³/mol. The first-order valence-corrected chi connectivity index (χ1v) is 6.08. The van der Waals surface area contributed by atoms with E-state index in [9.17, 15) is 4.79 Å². The highest BCUT2D eigenvalue weighted by Crippen LogP contribution is 2.23. The first-order valence-electron chi connectivity index (χ1n) is 5.33. The molecule has 2 rings (SSSR count). The normalized spacial score (nSPS) is 10.1. The molecule has 0 fully saturated rings. The number of rotatable bonds is 3. The number of hydrogen-bond acceptors (Lipinski definition) is 1. The van der Waals surface area contributed by atoms with Crippen molar-refractivity contribution >= 4 is 34.6 Å². The lowest BCUT2D eigenvalue weighted by molar-refractivity contribution is 0.105. The van der Waals surface area contributed by atoms with Crippen LogP contribution in [0.25, 0.3) is 5.57 Å². The second-order valence-electron chi connectivity index (χ2n) is 3.83. The van der Waals surface area contributed by atoms with E-state index >= 15 is 0 Å². The molecule has 90 valence electrons. The van der Waals surface area contributed by atoms with Gasteiger partial charge in [-0.15, -0.1) is 0 Å². The number of hydrogen-bond donors (Lipinski definition) is 0. The molecule has 3 heteroatoms. The molecule has 0 saturated heterocycles. The van der Waals surface area contributed by atoms with Crippen LogP contribution in [0.4, 0.5) is 0 Å². The number of allylic oxidation sites excluding steroid dienone is 1. The third-order valence-electron chi connectivity index (χ3n) is 2.52. The van der Waals surface area contributed by atoms with Crippen LogP contribution in [0, 0.1) is 0 Å². The van der Waals surface area contributed by atoms with Crippen molar-refractivity contribution in [2.75, 3.05) is 0 Å². The Hall–Kier alpha value is -1.57. The summed E-state index contributed by atoms with van der Waals surface area (Å²) in [5.74, 6) is -0.175.